The lowest BCUT2D eigenvalue weighted by Crippen LogP contribution is -2.39. The maximum atomic E-state index is 13.9. The van der Waals surface area contributed by atoms with Crippen LogP contribution in [0.2, 0.25) is 0 Å². The number of aromatic nitrogens is 2. The van der Waals surface area contributed by atoms with Crippen molar-refractivity contribution in [3.63, 3.8) is 0 Å². The van der Waals surface area contributed by atoms with E-state index in [1.54, 1.807) is 39.9 Å². The van der Waals surface area contributed by atoms with Crippen molar-refractivity contribution in [3.05, 3.63) is 52.0 Å². The van der Waals surface area contributed by atoms with Crippen LogP contribution < -0.4 is 0 Å². The molecule has 2 aromatic rings. The molecule has 0 atom stereocenters. The Balaban J connectivity index is 1.99. The molecule has 0 saturated heterocycles. The summed E-state index contributed by atoms with van der Waals surface area (Å²) in [6, 6.07) is 4.69. The van der Waals surface area contributed by atoms with Crippen LogP contribution in [0, 0.1) is 5.82 Å². The maximum absolute atomic E-state index is 13.9. The second kappa shape index (κ2) is 9.07. The summed E-state index contributed by atoms with van der Waals surface area (Å²) < 4.78 is 16.4. The second-order valence-electron chi connectivity index (χ2n) is 5.94. The molecule has 1 N–H and O–H groups in total. The van der Waals surface area contributed by atoms with Crippen molar-refractivity contribution in [2.75, 3.05) is 26.7 Å². The molecule has 0 fully saturated rings. The highest BCUT2D eigenvalue weighted by molar-refractivity contribution is 9.10. The van der Waals surface area contributed by atoms with Gasteiger partial charge in [0.2, 0.25) is 5.91 Å². The predicted molar refractivity (Wildman–Crippen MR) is 96.1 cm³/mol. The zero-order valence-electron chi connectivity index (χ0n) is 14.3. The van der Waals surface area contributed by atoms with Crippen LogP contribution in [0.25, 0.3) is 0 Å². The molecule has 1 aromatic carbocycles. The molecule has 1 heterocycles. The Hall–Kier alpha value is -1.77. The summed E-state index contributed by atoms with van der Waals surface area (Å²) in [5.41, 5.74) is 1.41. The minimum Gasteiger partial charge on any atom is -0.395 e. The van der Waals surface area contributed by atoms with Crippen molar-refractivity contribution in [3.8, 4) is 0 Å². The number of rotatable bonds is 8. The summed E-state index contributed by atoms with van der Waals surface area (Å²) in [4.78, 5) is 15.8. The molecule has 0 aliphatic carbocycles. The molecule has 6 nitrogen and oxygen atoms in total. The van der Waals surface area contributed by atoms with E-state index in [2.05, 4.69) is 21.0 Å². The number of aryl methyl sites for hydroxylation is 1. The lowest BCUT2D eigenvalue weighted by molar-refractivity contribution is -0.131. The zero-order valence-corrected chi connectivity index (χ0v) is 15.9. The summed E-state index contributed by atoms with van der Waals surface area (Å²) in [6.07, 6.45) is 3.57. The van der Waals surface area contributed by atoms with Gasteiger partial charge in [0.25, 0.3) is 0 Å². The van der Waals surface area contributed by atoms with Crippen LogP contribution in [0.15, 0.2) is 35.1 Å². The van der Waals surface area contributed by atoms with E-state index in [-0.39, 0.29) is 31.4 Å². The number of halogens is 2. The van der Waals surface area contributed by atoms with Gasteiger partial charge in [0.15, 0.2) is 0 Å². The third-order valence-electron chi connectivity index (χ3n) is 3.78. The minimum absolute atomic E-state index is 0.100. The van der Waals surface area contributed by atoms with Crippen molar-refractivity contribution in [1.82, 2.24) is 19.6 Å². The van der Waals surface area contributed by atoms with Gasteiger partial charge in [-0.15, -0.1) is 0 Å². The fourth-order valence-corrected chi connectivity index (χ4v) is 2.90. The standard InChI is InChI=1S/C17H22BrFN4O2/c1-21(9-13-8-20-22(2)10-13)17(25)12-23(5-6-24)11-14-7-15(18)3-4-16(14)19/h3-4,7-8,10,24H,5-6,9,11-12H2,1-2H3. The first-order valence-corrected chi connectivity index (χ1v) is 8.67. The van der Waals surface area contributed by atoms with E-state index < -0.39 is 0 Å². The normalized spacial score (nSPS) is 11.1. The number of hydrogen-bond donors (Lipinski definition) is 1. The van der Waals surface area contributed by atoms with Gasteiger partial charge in [-0.25, -0.2) is 4.39 Å². The average Bonchev–Trinajstić information content (AvgIpc) is 2.96. The van der Waals surface area contributed by atoms with E-state index >= 15 is 0 Å². The Morgan fingerprint density at radius 2 is 2.16 bits per heavy atom. The lowest BCUT2D eigenvalue weighted by Gasteiger charge is -2.24. The van der Waals surface area contributed by atoms with E-state index in [4.69, 9.17) is 0 Å². The van der Waals surface area contributed by atoms with Crippen molar-refractivity contribution >= 4 is 21.8 Å². The van der Waals surface area contributed by atoms with Crippen LogP contribution in [0.4, 0.5) is 4.39 Å². The summed E-state index contributed by atoms with van der Waals surface area (Å²) in [5.74, 6) is -0.435. The number of carbonyl (C=O) groups is 1. The third-order valence-corrected chi connectivity index (χ3v) is 4.27. The van der Waals surface area contributed by atoms with Gasteiger partial charge in [0.1, 0.15) is 5.82 Å². The van der Waals surface area contributed by atoms with E-state index in [1.807, 2.05) is 13.2 Å². The topological polar surface area (TPSA) is 61.6 Å². The van der Waals surface area contributed by atoms with E-state index in [9.17, 15) is 14.3 Å². The van der Waals surface area contributed by atoms with Crippen LogP contribution in [0.3, 0.4) is 0 Å². The Kier molecular flexibility index (Phi) is 7.10. The first-order chi connectivity index (χ1) is 11.9. The van der Waals surface area contributed by atoms with Crippen LogP contribution in [0.1, 0.15) is 11.1 Å². The molecular weight excluding hydrogens is 391 g/mol. The molecule has 0 spiro atoms. The van der Waals surface area contributed by atoms with Crippen LogP contribution in [-0.2, 0) is 24.9 Å². The molecule has 0 saturated carbocycles. The molecular formula is C17H22BrFN4O2. The van der Waals surface area contributed by atoms with Gasteiger partial charge >= 0.3 is 0 Å². The molecule has 0 aliphatic heterocycles. The maximum Gasteiger partial charge on any atom is 0.236 e. The average molecular weight is 413 g/mol. The number of carbonyl (C=O) groups excluding carboxylic acids is 1. The van der Waals surface area contributed by atoms with Gasteiger partial charge in [0.05, 0.1) is 19.3 Å². The van der Waals surface area contributed by atoms with E-state index in [1.165, 1.54) is 6.07 Å². The summed E-state index contributed by atoms with van der Waals surface area (Å²) in [7, 11) is 3.53. The number of hydrogen-bond acceptors (Lipinski definition) is 4. The Bertz CT molecular complexity index is 722. The molecule has 0 aliphatic rings. The molecule has 25 heavy (non-hydrogen) atoms. The molecule has 0 bridgehead atoms. The van der Waals surface area contributed by atoms with Crippen molar-refractivity contribution < 1.29 is 14.3 Å². The van der Waals surface area contributed by atoms with Crippen LogP contribution in [-0.4, -0.2) is 57.3 Å². The van der Waals surface area contributed by atoms with Gasteiger partial charge in [-0.05, 0) is 18.2 Å². The van der Waals surface area contributed by atoms with Gasteiger partial charge in [-0.3, -0.25) is 14.4 Å². The molecule has 8 heteroatoms. The van der Waals surface area contributed by atoms with E-state index in [0.717, 1.165) is 10.0 Å². The van der Waals surface area contributed by atoms with Crippen molar-refractivity contribution in [2.24, 2.45) is 7.05 Å². The van der Waals surface area contributed by atoms with Crippen LogP contribution >= 0.6 is 15.9 Å². The van der Waals surface area contributed by atoms with Gasteiger partial charge < -0.3 is 10.0 Å². The number of nitrogens with zero attached hydrogens (tertiary/aromatic N) is 4. The Morgan fingerprint density at radius 3 is 2.80 bits per heavy atom. The summed E-state index contributed by atoms with van der Waals surface area (Å²) in [5, 5.41) is 13.3. The quantitative estimate of drug-likeness (QED) is 0.717. The highest BCUT2D eigenvalue weighted by Gasteiger charge is 2.17. The third kappa shape index (κ3) is 5.91. The largest absolute Gasteiger partial charge is 0.395 e. The first kappa shape index (κ1) is 19.6. The van der Waals surface area contributed by atoms with E-state index in [0.29, 0.717) is 18.7 Å². The first-order valence-electron chi connectivity index (χ1n) is 7.87. The predicted octanol–water partition coefficient (Wildman–Crippen LogP) is 1.77. The highest BCUT2D eigenvalue weighted by Crippen LogP contribution is 2.17. The fraction of sp³-hybridized carbons (Fsp3) is 0.412. The molecule has 2 rings (SSSR count). The Labute approximate surface area is 155 Å². The summed E-state index contributed by atoms with van der Waals surface area (Å²) in [6.45, 7) is 0.986. The second-order valence-corrected chi connectivity index (χ2v) is 6.86. The van der Waals surface area contributed by atoms with Crippen LogP contribution in [0.5, 0.6) is 0 Å². The van der Waals surface area contributed by atoms with Crippen molar-refractivity contribution in [1.29, 1.82) is 0 Å². The van der Waals surface area contributed by atoms with Gasteiger partial charge in [-0.1, -0.05) is 15.9 Å². The smallest absolute Gasteiger partial charge is 0.236 e. The summed E-state index contributed by atoms with van der Waals surface area (Å²) >= 11 is 3.32. The monoisotopic (exact) mass is 412 g/mol. The van der Waals surface area contributed by atoms with Crippen molar-refractivity contribution in [2.45, 2.75) is 13.1 Å². The molecule has 136 valence electrons. The number of aliphatic hydroxyl groups is 1. The van der Waals surface area contributed by atoms with Gasteiger partial charge in [-0.2, -0.15) is 5.10 Å². The zero-order chi connectivity index (χ0) is 18.4. The number of benzene rings is 1. The Morgan fingerprint density at radius 1 is 1.40 bits per heavy atom. The minimum atomic E-state index is -0.331. The molecule has 1 amide bonds. The number of aliphatic hydroxyl groups excluding tert-OH is 1. The highest BCUT2D eigenvalue weighted by atomic mass is 79.9. The SMILES string of the molecule is CN(Cc1cnn(C)c1)C(=O)CN(CCO)Cc1cc(Br)ccc1F. The fourth-order valence-electron chi connectivity index (χ4n) is 2.49. The number of likely N-dealkylation sites (N-methyl/N-ethyl adjacent to an activating group) is 1. The molecule has 0 radical (unpaired) electrons. The number of amides is 1. The lowest BCUT2D eigenvalue weighted by atomic mass is 10.2. The molecule has 0 unspecified atom stereocenters. The molecule has 1 aromatic heterocycles. The van der Waals surface area contributed by atoms with Gasteiger partial charge in [0, 0.05) is 55.5 Å².